The van der Waals surface area contributed by atoms with Crippen LogP contribution in [0.4, 0.5) is 5.69 Å². The molecule has 0 aliphatic carbocycles. The van der Waals surface area contributed by atoms with Crippen molar-refractivity contribution in [2.45, 2.75) is 10.9 Å². The number of amides is 1. The first-order valence-corrected chi connectivity index (χ1v) is 6.43. The highest BCUT2D eigenvalue weighted by Gasteiger charge is 2.33. The number of hydrogen-bond donors (Lipinski definition) is 1. The van der Waals surface area contributed by atoms with E-state index in [1.54, 1.807) is 18.2 Å². The van der Waals surface area contributed by atoms with Crippen LogP contribution >= 0.6 is 12.4 Å². The number of nitrogens with two attached hydrogens (primary N) is 1. The van der Waals surface area contributed by atoms with E-state index in [4.69, 9.17) is 5.73 Å². The molecule has 0 fully saturated rings. The van der Waals surface area contributed by atoms with Crippen molar-refractivity contribution in [3.63, 3.8) is 0 Å². The van der Waals surface area contributed by atoms with E-state index in [2.05, 4.69) is 0 Å². The van der Waals surface area contributed by atoms with Gasteiger partial charge in [0.2, 0.25) is 5.91 Å². The molecule has 1 aromatic rings. The Labute approximate surface area is 106 Å². The quantitative estimate of drug-likeness (QED) is 0.733. The van der Waals surface area contributed by atoms with Gasteiger partial charge in [-0.05, 0) is 12.1 Å². The van der Waals surface area contributed by atoms with Crippen molar-refractivity contribution in [3.8, 4) is 0 Å². The monoisotopic (exact) mass is 276 g/mol. The lowest BCUT2D eigenvalue weighted by Gasteiger charge is -2.17. The highest BCUT2D eigenvalue weighted by atomic mass is 35.5. The first-order chi connectivity index (χ1) is 7.43. The Morgan fingerprint density at radius 2 is 1.94 bits per heavy atom. The summed E-state index contributed by atoms with van der Waals surface area (Å²) in [7, 11) is -1.95. The molecule has 2 N–H and O–H groups in total. The van der Waals surface area contributed by atoms with Gasteiger partial charge in [0.1, 0.15) is 0 Å². The number of halogens is 1. The molecule has 0 spiro atoms. The molecule has 1 unspecified atom stereocenters. The van der Waals surface area contributed by atoms with Crippen LogP contribution in [0.2, 0.25) is 0 Å². The van der Waals surface area contributed by atoms with Crippen LogP contribution in [0.5, 0.6) is 0 Å². The number of para-hydroxylation sites is 1. The molecule has 1 aliphatic rings. The van der Waals surface area contributed by atoms with Gasteiger partial charge in [0.05, 0.1) is 22.4 Å². The Balaban J connectivity index is 0.00000144. The SMILES string of the molecule is CN1C(=O)C(N)CS(=O)(=O)c2ccccc21.Cl. The van der Waals surface area contributed by atoms with Crippen LogP contribution in [0.25, 0.3) is 0 Å². The van der Waals surface area contributed by atoms with Gasteiger partial charge in [0.15, 0.2) is 9.84 Å². The van der Waals surface area contributed by atoms with E-state index in [-0.39, 0.29) is 29.0 Å². The number of rotatable bonds is 0. The van der Waals surface area contributed by atoms with Gasteiger partial charge in [-0.3, -0.25) is 4.79 Å². The molecule has 0 saturated heterocycles. The number of carbonyl (C=O) groups is 1. The van der Waals surface area contributed by atoms with Gasteiger partial charge in [0.25, 0.3) is 0 Å². The van der Waals surface area contributed by atoms with E-state index in [0.717, 1.165) is 0 Å². The van der Waals surface area contributed by atoms with Gasteiger partial charge in [-0.25, -0.2) is 8.42 Å². The number of nitrogens with zero attached hydrogens (tertiary/aromatic N) is 1. The van der Waals surface area contributed by atoms with E-state index in [0.29, 0.717) is 5.69 Å². The van der Waals surface area contributed by atoms with Crippen molar-refractivity contribution in [1.29, 1.82) is 0 Å². The average molecular weight is 277 g/mol. The highest BCUT2D eigenvalue weighted by Crippen LogP contribution is 2.28. The summed E-state index contributed by atoms with van der Waals surface area (Å²) in [5.74, 6) is -0.721. The van der Waals surface area contributed by atoms with Gasteiger partial charge >= 0.3 is 0 Å². The summed E-state index contributed by atoms with van der Waals surface area (Å²) in [4.78, 5) is 13.2. The number of carbonyl (C=O) groups excluding carboxylic acids is 1. The number of benzene rings is 1. The lowest BCUT2D eigenvalue weighted by atomic mass is 10.2. The zero-order chi connectivity index (χ0) is 11.9. The van der Waals surface area contributed by atoms with Crippen molar-refractivity contribution in [2.24, 2.45) is 5.73 Å². The van der Waals surface area contributed by atoms with Crippen LogP contribution in [0.1, 0.15) is 0 Å². The summed E-state index contributed by atoms with van der Waals surface area (Å²) in [5, 5.41) is 0. The fourth-order valence-electron chi connectivity index (χ4n) is 1.76. The lowest BCUT2D eigenvalue weighted by molar-refractivity contribution is -0.119. The molecule has 1 atom stereocenters. The summed E-state index contributed by atoms with van der Waals surface area (Å²) < 4.78 is 23.9. The van der Waals surface area contributed by atoms with Gasteiger partial charge in [-0.2, -0.15) is 0 Å². The molecule has 2 rings (SSSR count). The highest BCUT2D eigenvalue weighted by molar-refractivity contribution is 7.91. The molecule has 94 valence electrons. The molecule has 1 aliphatic heterocycles. The minimum atomic E-state index is -3.48. The van der Waals surface area contributed by atoms with Crippen LogP contribution < -0.4 is 10.6 Å². The van der Waals surface area contributed by atoms with Gasteiger partial charge in [0, 0.05) is 7.05 Å². The molecule has 5 nitrogen and oxygen atoms in total. The van der Waals surface area contributed by atoms with Gasteiger partial charge in [-0.1, -0.05) is 12.1 Å². The summed E-state index contributed by atoms with van der Waals surface area (Å²) >= 11 is 0. The minimum Gasteiger partial charge on any atom is -0.319 e. The van der Waals surface area contributed by atoms with E-state index in [1.165, 1.54) is 18.0 Å². The summed E-state index contributed by atoms with van der Waals surface area (Å²) in [6, 6.07) is 5.41. The standard InChI is InChI=1S/C10H12N2O3S.ClH/c1-12-8-4-2-3-5-9(8)16(14,15)6-7(11)10(12)13;/h2-5,7H,6,11H2,1H3;1H. The van der Waals surface area contributed by atoms with Crippen molar-refractivity contribution < 1.29 is 13.2 Å². The predicted octanol–water partition coefficient (Wildman–Crippen LogP) is 0.186. The lowest BCUT2D eigenvalue weighted by Crippen LogP contribution is -2.43. The Kier molecular flexibility index (Phi) is 3.81. The topological polar surface area (TPSA) is 80.5 Å². The fraction of sp³-hybridized carbons (Fsp3) is 0.300. The molecular weight excluding hydrogens is 264 g/mol. The van der Waals surface area contributed by atoms with E-state index < -0.39 is 15.9 Å². The molecule has 0 saturated carbocycles. The third kappa shape index (κ3) is 2.29. The van der Waals surface area contributed by atoms with Crippen molar-refractivity contribution >= 4 is 33.8 Å². The first kappa shape index (κ1) is 14.0. The molecule has 1 heterocycles. The number of likely N-dealkylation sites (N-methyl/N-ethyl adjacent to an activating group) is 1. The molecule has 0 bridgehead atoms. The maximum atomic E-state index is 11.9. The molecule has 1 amide bonds. The molecule has 17 heavy (non-hydrogen) atoms. The normalized spacial score (nSPS) is 22.4. The molecule has 7 heteroatoms. The third-order valence-corrected chi connectivity index (χ3v) is 4.42. The summed E-state index contributed by atoms with van der Waals surface area (Å²) in [5.41, 5.74) is 5.94. The number of sulfone groups is 1. The second-order valence-corrected chi connectivity index (χ2v) is 5.76. The van der Waals surface area contributed by atoms with Gasteiger partial charge in [-0.15, -0.1) is 12.4 Å². The molecule has 0 aromatic heterocycles. The third-order valence-electron chi connectivity index (χ3n) is 2.61. The van der Waals surface area contributed by atoms with E-state index in [1.807, 2.05) is 0 Å². The molecule has 0 radical (unpaired) electrons. The second-order valence-electron chi connectivity index (χ2n) is 3.75. The van der Waals surface area contributed by atoms with Crippen LogP contribution in [0.3, 0.4) is 0 Å². The summed E-state index contributed by atoms with van der Waals surface area (Å²) in [6.07, 6.45) is 0. The van der Waals surface area contributed by atoms with Crippen LogP contribution in [0.15, 0.2) is 29.2 Å². The Bertz CT molecular complexity index is 544. The Hall–Kier alpha value is -1.11. The average Bonchev–Trinajstić information content (AvgIpc) is 2.31. The molecule has 1 aromatic carbocycles. The van der Waals surface area contributed by atoms with Crippen molar-refractivity contribution in [3.05, 3.63) is 24.3 Å². The van der Waals surface area contributed by atoms with Crippen LogP contribution in [-0.2, 0) is 14.6 Å². The number of hydrogen-bond acceptors (Lipinski definition) is 4. The van der Waals surface area contributed by atoms with Gasteiger partial charge < -0.3 is 10.6 Å². The van der Waals surface area contributed by atoms with Crippen LogP contribution in [0, 0.1) is 0 Å². The van der Waals surface area contributed by atoms with E-state index in [9.17, 15) is 13.2 Å². The smallest absolute Gasteiger partial charge is 0.244 e. The minimum absolute atomic E-state index is 0. The van der Waals surface area contributed by atoms with Crippen molar-refractivity contribution in [2.75, 3.05) is 17.7 Å². The Morgan fingerprint density at radius 3 is 2.59 bits per heavy atom. The fourth-order valence-corrected chi connectivity index (χ4v) is 3.37. The summed E-state index contributed by atoms with van der Waals surface area (Å²) in [6.45, 7) is 0. The predicted molar refractivity (Wildman–Crippen MR) is 67.1 cm³/mol. The van der Waals surface area contributed by atoms with Crippen LogP contribution in [-0.4, -0.2) is 33.2 Å². The maximum Gasteiger partial charge on any atom is 0.244 e. The Morgan fingerprint density at radius 1 is 1.35 bits per heavy atom. The number of fused-ring (bicyclic) bond motifs is 1. The molecular formula is C10H13ClN2O3S. The largest absolute Gasteiger partial charge is 0.319 e. The van der Waals surface area contributed by atoms with Crippen molar-refractivity contribution in [1.82, 2.24) is 0 Å². The zero-order valence-electron chi connectivity index (χ0n) is 9.16. The van der Waals surface area contributed by atoms with E-state index >= 15 is 0 Å². The maximum absolute atomic E-state index is 11.9. The first-order valence-electron chi connectivity index (χ1n) is 4.78. The zero-order valence-corrected chi connectivity index (χ0v) is 10.8. The second kappa shape index (κ2) is 4.64. The number of anilines is 1.